The van der Waals surface area contributed by atoms with Gasteiger partial charge in [0, 0.05) is 22.6 Å². The number of nitrogens with one attached hydrogen (secondary N) is 1. The topological polar surface area (TPSA) is 115 Å². The van der Waals surface area contributed by atoms with E-state index in [0.29, 0.717) is 11.4 Å². The first-order valence-electron chi connectivity index (χ1n) is 7.12. The molecule has 3 amide bonds. The summed E-state index contributed by atoms with van der Waals surface area (Å²) >= 11 is 1.46. The fourth-order valence-electron chi connectivity index (χ4n) is 2.02. The van der Waals surface area contributed by atoms with Gasteiger partial charge in [0.15, 0.2) is 0 Å². The predicted octanol–water partition coefficient (Wildman–Crippen LogP) is 1.76. The maximum Gasteiger partial charge on any atom is 0.248 e. The van der Waals surface area contributed by atoms with Gasteiger partial charge in [0.25, 0.3) is 0 Å². The van der Waals surface area contributed by atoms with Gasteiger partial charge in [0.1, 0.15) is 0 Å². The van der Waals surface area contributed by atoms with Crippen LogP contribution < -0.4 is 16.8 Å². The highest BCUT2D eigenvalue weighted by atomic mass is 32.2. The summed E-state index contributed by atoms with van der Waals surface area (Å²) in [6.07, 6.45) is 0. The molecule has 0 fully saturated rings. The van der Waals surface area contributed by atoms with Crippen molar-refractivity contribution in [3.8, 4) is 0 Å². The van der Waals surface area contributed by atoms with Gasteiger partial charge in [-0.05, 0) is 23.8 Å². The lowest BCUT2D eigenvalue weighted by Crippen LogP contribution is -2.19. The predicted molar refractivity (Wildman–Crippen MR) is 94.7 cm³/mol. The van der Waals surface area contributed by atoms with Crippen LogP contribution in [0.25, 0.3) is 0 Å². The van der Waals surface area contributed by atoms with E-state index in [1.54, 1.807) is 0 Å². The minimum absolute atomic E-state index is 0.110. The second kappa shape index (κ2) is 8.16. The van der Waals surface area contributed by atoms with Gasteiger partial charge in [0.05, 0.1) is 5.75 Å². The Morgan fingerprint density at radius 1 is 0.917 bits per heavy atom. The molecule has 0 saturated heterocycles. The minimum Gasteiger partial charge on any atom is -0.366 e. The zero-order valence-corrected chi connectivity index (χ0v) is 13.6. The normalized spacial score (nSPS) is 10.2. The van der Waals surface area contributed by atoms with E-state index in [0.717, 1.165) is 5.56 Å². The number of benzene rings is 2. The van der Waals surface area contributed by atoms with Gasteiger partial charge < -0.3 is 16.8 Å². The molecule has 2 aromatic rings. The summed E-state index contributed by atoms with van der Waals surface area (Å²) < 4.78 is 0. The van der Waals surface area contributed by atoms with Crippen molar-refractivity contribution in [3.05, 3.63) is 65.2 Å². The van der Waals surface area contributed by atoms with Crippen LogP contribution in [0.1, 0.15) is 26.3 Å². The fraction of sp³-hybridized carbons (Fsp3) is 0.118. The van der Waals surface area contributed by atoms with Crippen LogP contribution in [0.3, 0.4) is 0 Å². The van der Waals surface area contributed by atoms with E-state index in [9.17, 15) is 14.4 Å². The SMILES string of the molecule is NC(=O)c1cc(NC(=O)CSCc2ccccc2)cc(C(N)=O)c1. The highest BCUT2D eigenvalue weighted by Gasteiger charge is 2.11. The standard InChI is InChI=1S/C17H17N3O3S/c18-16(22)12-6-13(17(19)23)8-14(7-12)20-15(21)10-24-9-11-4-2-1-3-5-11/h1-8H,9-10H2,(H2,18,22)(H2,19,23)(H,20,21). The molecule has 2 aromatic carbocycles. The molecule has 0 aromatic heterocycles. The molecule has 0 radical (unpaired) electrons. The van der Waals surface area contributed by atoms with Crippen molar-refractivity contribution in [2.24, 2.45) is 11.5 Å². The number of thioether (sulfide) groups is 1. The Hall–Kier alpha value is -2.80. The molecular formula is C17H17N3O3S. The smallest absolute Gasteiger partial charge is 0.248 e. The van der Waals surface area contributed by atoms with Gasteiger partial charge in [-0.15, -0.1) is 11.8 Å². The first kappa shape index (κ1) is 17.6. The van der Waals surface area contributed by atoms with E-state index in [1.165, 1.54) is 30.0 Å². The molecule has 0 saturated carbocycles. The van der Waals surface area contributed by atoms with E-state index in [2.05, 4.69) is 5.32 Å². The van der Waals surface area contributed by atoms with E-state index in [4.69, 9.17) is 11.5 Å². The highest BCUT2D eigenvalue weighted by Crippen LogP contribution is 2.16. The second-order valence-corrected chi connectivity index (χ2v) is 6.04. The molecule has 6 nitrogen and oxygen atoms in total. The zero-order valence-electron chi connectivity index (χ0n) is 12.8. The number of anilines is 1. The van der Waals surface area contributed by atoms with E-state index >= 15 is 0 Å². The largest absolute Gasteiger partial charge is 0.366 e. The van der Waals surface area contributed by atoms with Crippen LogP contribution in [0.4, 0.5) is 5.69 Å². The summed E-state index contributed by atoms with van der Waals surface area (Å²) in [4.78, 5) is 34.6. The molecule has 0 atom stereocenters. The van der Waals surface area contributed by atoms with Crippen molar-refractivity contribution >= 4 is 35.2 Å². The Morgan fingerprint density at radius 3 is 2.04 bits per heavy atom. The molecule has 5 N–H and O–H groups in total. The lowest BCUT2D eigenvalue weighted by Gasteiger charge is -2.08. The average molecular weight is 343 g/mol. The van der Waals surface area contributed by atoms with Gasteiger partial charge in [-0.1, -0.05) is 30.3 Å². The quantitative estimate of drug-likeness (QED) is 0.710. The van der Waals surface area contributed by atoms with Crippen LogP contribution in [0, 0.1) is 0 Å². The number of hydrogen-bond acceptors (Lipinski definition) is 4. The maximum atomic E-state index is 12.0. The Bertz CT molecular complexity index is 731. The molecule has 0 aliphatic rings. The minimum atomic E-state index is -0.702. The van der Waals surface area contributed by atoms with Crippen molar-refractivity contribution in [3.63, 3.8) is 0 Å². The van der Waals surface area contributed by atoms with E-state index in [1.807, 2.05) is 30.3 Å². The van der Waals surface area contributed by atoms with Crippen LogP contribution in [-0.4, -0.2) is 23.5 Å². The van der Waals surface area contributed by atoms with Crippen molar-refractivity contribution in [2.45, 2.75) is 5.75 Å². The lowest BCUT2D eigenvalue weighted by atomic mass is 10.1. The molecule has 0 heterocycles. The second-order valence-electron chi connectivity index (χ2n) is 5.05. The lowest BCUT2D eigenvalue weighted by molar-refractivity contribution is -0.113. The van der Waals surface area contributed by atoms with Crippen LogP contribution in [-0.2, 0) is 10.5 Å². The fourth-order valence-corrected chi connectivity index (χ4v) is 2.80. The van der Waals surface area contributed by atoms with Crippen LogP contribution in [0.5, 0.6) is 0 Å². The summed E-state index contributed by atoms with van der Waals surface area (Å²) in [6, 6.07) is 13.9. The van der Waals surface area contributed by atoms with Gasteiger partial charge in [0.2, 0.25) is 17.7 Å². The van der Waals surface area contributed by atoms with Crippen molar-refractivity contribution < 1.29 is 14.4 Å². The van der Waals surface area contributed by atoms with Gasteiger partial charge in [-0.25, -0.2) is 0 Å². The van der Waals surface area contributed by atoms with E-state index < -0.39 is 11.8 Å². The molecule has 7 heteroatoms. The average Bonchev–Trinajstić information content (AvgIpc) is 2.55. The molecule has 0 spiro atoms. The molecule has 0 aliphatic heterocycles. The van der Waals surface area contributed by atoms with Crippen molar-refractivity contribution in [1.29, 1.82) is 0 Å². The molecular weight excluding hydrogens is 326 g/mol. The monoisotopic (exact) mass is 343 g/mol. The summed E-state index contributed by atoms with van der Waals surface area (Å²) in [5.41, 5.74) is 12.1. The third kappa shape index (κ3) is 5.13. The number of amides is 3. The summed E-state index contributed by atoms with van der Waals surface area (Å²) in [5.74, 6) is -0.698. The summed E-state index contributed by atoms with van der Waals surface area (Å²) in [5, 5.41) is 2.64. The first-order valence-corrected chi connectivity index (χ1v) is 8.27. The number of carbonyl (C=O) groups excluding carboxylic acids is 3. The van der Waals surface area contributed by atoms with Crippen molar-refractivity contribution in [2.75, 3.05) is 11.1 Å². The van der Waals surface area contributed by atoms with Crippen LogP contribution in [0.2, 0.25) is 0 Å². The number of carbonyl (C=O) groups is 3. The molecule has 2 rings (SSSR count). The summed E-state index contributed by atoms with van der Waals surface area (Å²) in [7, 11) is 0. The van der Waals surface area contributed by atoms with Crippen LogP contribution >= 0.6 is 11.8 Å². The Morgan fingerprint density at radius 2 is 1.50 bits per heavy atom. The van der Waals surface area contributed by atoms with E-state index in [-0.39, 0.29) is 22.8 Å². The number of nitrogens with two attached hydrogens (primary N) is 2. The first-order chi connectivity index (χ1) is 11.5. The Balaban J connectivity index is 1.97. The van der Waals surface area contributed by atoms with Crippen molar-refractivity contribution in [1.82, 2.24) is 0 Å². The van der Waals surface area contributed by atoms with Gasteiger partial charge in [-0.2, -0.15) is 0 Å². The Kier molecular flexibility index (Phi) is 5.97. The van der Waals surface area contributed by atoms with Gasteiger partial charge in [-0.3, -0.25) is 14.4 Å². The Labute approximate surface area is 143 Å². The van der Waals surface area contributed by atoms with Gasteiger partial charge >= 0.3 is 0 Å². The molecule has 24 heavy (non-hydrogen) atoms. The molecule has 124 valence electrons. The third-order valence-corrected chi connectivity index (χ3v) is 4.13. The number of hydrogen-bond donors (Lipinski definition) is 3. The maximum absolute atomic E-state index is 12.0. The van der Waals surface area contributed by atoms with Crippen LogP contribution in [0.15, 0.2) is 48.5 Å². The zero-order chi connectivity index (χ0) is 17.5. The molecule has 0 aliphatic carbocycles. The number of rotatable bonds is 7. The number of primary amides is 2. The summed E-state index contributed by atoms with van der Waals surface area (Å²) in [6.45, 7) is 0. The highest BCUT2D eigenvalue weighted by molar-refractivity contribution is 7.99. The third-order valence-electron chi connectivity index (χ3n) is 3.13. The molecule has 0 bridgehead atoms. The molecule has 0 unspecified atom stereocenters.